The molecular weight excluding hydrogens is 222 g/mol. The summed E-state index contributed by atoms with van der Waals surface area (Å²) in [7, 11) is 1.42. The Morgan fingerprint density at radius 2 is 1.83 bits per heavy atom. The first-order chi connectivity index (χ1) is 5.57. The summed E-state index contributed by atoms with van der Waals surface area (Å²) in [5.41, 5.74) is 5.63. The van der Waals surface area contributed by atoms with Crippen molar-refractivity contribution in [2.24, 2.45) is 0 Å². The number of ether oxygens (including phenoxy) is 1. The molecule has 1 aromatic heterocycles. The van der Waals surface area contributed by atoms with Gasteiger partial charge in [0.05, 0.1) is 12.8 Å². The third-order valence-electron chi connectivity index (χ3n) is 1.25. The molecule has 0 radical (unpaired) electrons. The molecular formula is C6H5Cl3N2O. The molecule has 0 saturated carbocycles. The first-order valence-electron chi connectivity index (χ1n) is 2.92. The van der Waals surface area contributed by atoms with E-state index in [2.05, 4.69) is 4.98 Å². The molecule has 2 N–H and O–H groups in total. The average molecular weight is 227 g/mol. The first-order valence-corrected chi connectivity index (χ1v) is 4.05. The van der Waals surface area contributed by atoms with Crippen LogP contribution in [-0.4, -0.2) is 12.1 Å². The van der Waals surface area contributed by atoms with Crippen LogP contribution in [0.2, 0.25) is 15.3 Å². The van der Waals surface area contributed by atoms with Crippen LogP contribution in [0.4, 0.5) is 5.69 Å². The Labute approximate surface area is 84.4 Å². The standard InChI is InChI=1S/C6H5Cl3N2O/c1-12-4-2(7)3(10)5(8)11-6(4)9/h10H2,1H3. The highest BCUT2D eigenvalue weighted by Crippen LogP contribution is 2.38. The van der Waals surface area contributed by atoms with E-state index in [1.807, 2.05) is 0 Å². The van der Waals surface area contributed by atoms with E-state index in [0.717, 1.165) is 0 Å². The minimum absolute atomic E-state index is 0.0748. The molecule has 0 saturated heterocycles. The van der Waals surface area contributed by atoms with Crippen molar-refractivity contribution in [3.05, 3.63) is 15.3 Å². The molecule has 6 heteroatoms. The largest absolute Gasteiger partial charge is 0.492 e. The monoisotopic (exact) mass is 226 g/mol. The number of rotatable bonds is 1. The highest BCUT2D eigenvalue weighted by atomic mass is 35.5. The first kappa shape index (κ1) is 9.71. The number of nitrogens with two attached hydrogens (primary N) is 1. The van der Waals surface area contributed by atoms with Crippen molar-refractivity contribution in [3.8, 4) is 5.75 Å². The SMILES string of the molecule is COc1c(Cl)nc(Cl)c(N)c1Cl. The molecule has 66 valence electrons. The topological polar surface area (TPSA) is 48.1 Å². The molecule has 0 aliphatic rings. The molecule has 1 rings (SSSR count). The summed E-state index contributed by atoms with van der Waals surface area (Å²) < 4.78 is 4.85. The molecule has 0 spiro atoms. The lowest BCUT2D eigenvalue weighted by Crippen LogP contribution is -1.95. The van der Waals surface area contributed by atoms with E-state index in [4.69, 9.17) is 45.3 Å². The van der Waals surface area contributed by atoms with Gasteiger partial charge in [-0.05, 0) is 0 Å². The third kappa shape index (κ3) is 1.53. The summed E-state index contributed by atoms with van der Waals surface area (Å²) in [5, 5.41) is 0.356. The van der Waals surface area contributed by atoms with Crippen LogP contribution in [0.15, 0.2) is 0 Å². The summed E-state index contributed by atoms with van der Waals surface area (Å²) in [4.78, 5) is 3.70. The normalized spacial score (nSPS) is 10.0. The molecule has 0 amide bonds. The second-order valence-corrected chi connectivity index (χ2v) is 3.05. The Hall–Kier alpha value is -0.380. The Morgan fingerprint density at radius 3 is 2.33 bits per heavy atom. The second kappa shape index (κ2) is 3.56. The smallest absolute Gasteiger partial charge is 0.176 e. The third-order valence-corrected chi connectivity index (χ3v) is 2.17. The molecule has 3 nitrogen and oxygen atoms in total. The number of aromatic nitrogens is 1. The lowest BCUT2D eigenvalue weighted by atomic mass is 10.4. The van der Waals surface area contributed by atoms with Crippen LogP contribution in [0.5, 0.6) is 5.75 Å². The average Bonchev–Trinajstić information content (AvgIpc) is 2.01. The Morgan fingerprint density at radius 1 is 1.25 bits per heavy atom. The fourth-order valence-corrected chi connectivity index (χ4v) is 1.51. The maximum Gasteiger partial charge on any atom is 0.176 e. The predicted molar refractivity (Wildman–Crippen MR) is 50.2 cm³/mol. The van der Waals surface area contributed by atoms with E-state index in [9.17, 15) is 0 Å². The van der Waals surface area contributed by atoms with Gasteiger partial charge >= 0.3 is 0 Å². The Kier molecular flexibility index (Phi) is 2.88. The molecule has 0 bridgehead atoms. The van der Waals surface area contributed by atoms with Gasteiger partial charge in [0.1, 0.15) is 5.02 Å². The summed E-state index contributed by atoms with van der Waals surface area (Å²) in [6.07, 6.45) is 0. The number of pyridine rings is 1. The predicted octanol–water partition coefficient (Wildman–Crippen LogP) is 2.63. The van der Waals surface area contributed by atoms with Gasteiger partial charge in [0, 0.05) is 0 Å². The molecule has 0 atom stereocenters. The minimum atomic E-state index is 0.0748. The molecule has 0 fully saturated rings. The highest BCUT2D eigenvalue weighted by Gasteiger charge is 2.14. The second-order valence-electron chi connectivity index (χ2n) is 1.95. The van der Waals surface area contributed by atoms with E-state index in [0.29, 0.717) is 0 Å². The van der Waals surface area contributed by atoms with E-state index in [1.54, 1.807) is 0 Å². The fourth-order valence-electron chi connectivity index (χ4n) is 0.674. The lowest BCUT2D eigenvalue weighted by Gasteiger charge is -2.07. The summed E-state index contributed by atoms with van der Waals surface area (Å²) >= 11 is 17.0. The Bertz CT molecular complexity index is 316. The van der Waals surface area contributed by atoms with Crippen molar-refractivity contribution >= 4 is 40.5 Å². The van der Waals surface area contributed by atoms with Gasteiger partial charge < -0.3 is 10.5 Å². The zero-order valence-corrected chi connectivity index (χ0v) is 8.33. The fraction of sp³-hybridized carbons (Fsp3) is 0.167. The van der Waals surface area contributed by atoms with Crippen LogP contribution in [0.1, 0.15) is 0 Å². The molecule has 0 aliphatic carbocycles. The maximum atomic E-state index is 5.75. The van der Waals surface area contributed by atoms with Gasteiger partial charge in [-0.3, -0.25) is 0 Å². The van der Waals surface area contributed by atoms with Gasteiger partial charge in [-0.1, -0.05) is 34.8 Å². The maximum absolute atomic E-state index is 5.75. The van der Waals surface area contributed by atoms with Crippen molar-refractivity contribution in [2.75, 3.05) is 12.8 Å². The van der Waals surface area contributed by atoms with Crippen molar-refractivity contribution in [1.29, 1.82) is 0 Å². The van der Waals surface area contributed by atoms with Gasteiger partial charge in [-0.25, -0.2) is 4.98 Å². The highest BCUT2D eigenvalue weighted by molar-refractivity contribution is 6.41. The molecule has 1 aromatic rings. The van der Waals surface area contributed by atoms with Gasteiger partial charge in [-0.15, -0.1) is 0 Å². The van der Waals surface area contributed by atoms with E-state index in [-0.39, 0.29) is 26.8 Å². The zero-order chi connectivity index (χ0) is 9.30. The van der Waals surface area contributed by atoms with Crippen LogP contribution < -0.4 is 10.5 Å². The van der Waals surface area contributed by atoms with Gasteiger partial charge in [-0.2, -0.15) is 0 Å². The lowest BCUT2D eigenvalue weighted by molar-refractivity contribution is 0.413. The van der Waals surface area contributed by atoms with E-state index in [1.165, 1.54) is 7.11 Å². The summed E-state index contributed by atoms with van der Waals surface area (Å²) in [6, 6.07) is 0. The van der Waals surface area contributed by atoms with Crippen LogP contribution in [-0.2, 0) is 0 Å². The van der Waals surface area contributed by atoms with Crippen LogP contribution in [0, 0.1) is 0 Å². The number of anilines is 1. The summed E-state index contributed by atoms with van der Waals surface area (Å²) in [5.74, 6) is 0.236. The van der Waals surface area contributed by atoms with Crippen LogP contribution in [0.25, 0.3) is 0 Å². The molecule has 0 aliphatic heterocycles. The number of nitrogen functional groups attached to an aromatic ring is 1. The number of nitrogens with zero attached hydrogens (tertiary/aromatic N) is 1. The minimum Gasteiger partial charge on any atom is -0.492 e. The van der Waals surface area contributed by atoms with Crippen LogP contribution >= 0.6 is 34.8 Å². The van der Waals surface area contributed by atoms with Gasteiger partial charge in [0.25, 0.3) is 0 Å². The van der Waals surface area contributed by atoms with Crippen molar-refractivity contribution < 1.29 is 4.74 Å². The molecule has 0 unspecified atom stereocenters. The van der Waals surface area contributed by atoms with Crippen molar-refractivity contribution in [1.82, 2.24) is 4.98 Å². The van der Waals surface area contributed by atoms with Crippen molar-refractivity contribution in [2.45, 2.75) is 0 Å². The summed E-state index contributed by atoms with van der Waals surface area (Å²) in [6.45, 7) is 0. The molecule has 12 heavy (non-hydrogen) atoms. The van der Waals surface area contributed by atoms with Crippen molar-refractivity contribution in [3.63, 3.8) is 0 Å². The van der Waals surface area contributed by atoms with Gasteiger partial charge in [0.15, 0.2) is 16.1 Å². The number of hydrogen-bond donors (Lipinski definition) is 1. The van der Waals surface area contributed by atoms with E-state index >= 15 is 0 Å². The Balaban J connectivity index is 3.40. The number of methoxy groups -OCH3 is 1. The van der Waals surface area contributed by atoms with Gasteiger partial charge in [0.2, 0.25) is 0 Å². The molecule has 0 aromatic carbocycles. The zero-order valence-electron chi connectivity index (χ0n) is 6.07. The molecule has 1 heterocycles. The van der Waals surface area contributed by atoms with E-state index < -0.39 is 0 Å². The quantitative estimate of drug-likeness (QED) is 0.750. The van der Waals surface area contributed by atoms with Crippen LogP contribution in [0.3, 0.4) is 0 Å². The number of hydrogen-bond acceptors (Lipinski definition) is 3. The number of halogens is 3.